The number of hydrogen-bond acceptors (Lipinski definition) is 3. The number of hydrogen-bond donors (Lipinski definition) is 0. The Kier molecular flexibility index (Phi) is 5.57. The Morgan fingerprint density at radius 3 is 2.90 bits per heavy atom. The quantitative estimate of drug-likeness (QED) is 0.843. The number of carbonyl (C=O) groups excluding carboxylic acids is 1. The maximum atomic E-state index is 11.7. The third-order valence-corrected chi connectivity index (χ3v) is 4.27. The van der Waals surface area contributed by atoms with E-state index in [1.807, 2.05) is 18.2 Å². The van der Waals surface area contributed by atoms with Gasteiger partial charge >= 0.3 is 0 Å². The van der Waals surface area contributed by atoms with Crippen molar-refractivity contribution in [3.8, 4) is 0 Å². The normalized spacial score (nSPS) is 19.9. The SMILES string of the molecule is CN(C)C(=O)CCN1CCO[C@@H](c2ccccc2Br)C1. The lowest BCUT2D eigenvalue weighted by molar-refractivity contribution is -0.129. The van der Waals surface area contributed by atoms with Crippen LogP contribution in [0, 0.1) is 0 Å². The lowest BCUT2D eigenvalue weighted by Crippen LogP contribution is -2.40. The summed E-state index contributed by atoms with van der Waals surface area (Å²) in [4.78, 5) is 15.6. The van der Waals surface area contributed by atoms with E-state index in [2.05, 4.69) is 26.9 Å². The highest BCUT2D eigenvalue weighted by atomic mass is 79.9. The van der Waals surface area contributed by atoms with Gasteiger partial charge < -0.3 is 9.64 Å². The second kappa shape index (κ2) is 7.20. The molecule has 0 N–H and O–H groups in total. The predicted octanol–water partition coefficient (Wildman–Crippen LogP) is 2.30. The van der Waals surface area contributed by atoms with Gasteiger partial charge in [-0.05, 0) is 11.6 Å². The molecule has 110 valence electrons. The zero-order chi connectivity index (χ0) is 14.5. The van der Waals surface area contributed by atoms with E-state index >= 15 is 0 Å². The van der Waals surface area contributed by atoms with E-state index in [-0.39, 0.29) is 12.0 Å². The lowest BCUT2D eigenvalue weighted by Gasteiger charge is -2.33. The smallest absolute Gasteiger partial charge is 0.223 e. The summed E-state index contributed by atoms with van der Waals surface area (Å²) in [7, 11) is 3.59. The molecule has 0 aliphatic carbocycles. The largest absolute Gasteiger partial charge is 0.371 e. The first-order valence-corrected chi connectivity index (χ1v) is 7.66. The van der Waals surface area contributed by atoms with Crippen molar-refractivity contribution < 1.29 is 9.53 Å². The van der Waals surface area contributed by atoms with E-state index in [0.29, 0.717) is 13.0 Å². The van der Waals surface area contributed by atoms with Gasteiger partial charge in [0.2, 0.25) is 5.91 Å². The van der Waals surface area contributed by atoms with Crippen LogP contribution in [0.25, 0.3) is 0 Å². The summed E-state index contributed by atoms with van der Waals surface area (Å²) in [6, 6.07) is 8.15. The number of rotatable bonds is 4. The molecule has 1 atom stereocenters. The Labute approximate surface area is 128 Å². The fourth-order valence-corrected chi connectivity index (χ4v) is 2.85. The molecular weight excluding hydrogens is 320 g/mol. The van der Waals surface area contributed by atoms with Crippen molar-refractivity contribution in [2.45, 2.75) is 12.5 Å². The molecule has 5 heteroatoms. The number of amides is 1. The van der Waals surface area contributed by atoms with Crippen molar-refractivity contribution in [3.63, 3.8) is 0 Å². The minimum absolute atomic E-state index is 0.0776. The molecule has 1 aromatic carbocycles. The Balaban J connectivity index is 1.92. The van der Waals surface area contributed by atoms with Crippen molar-refractivity contribution in [2.75, 3.05) is 40.3 Å². The maximum absolute atomic E-state index is 11.7. The zero-order valence-corrected chi connectivity index (χ0v) is 13.6. The van der Waals surface area contributed by atoms with Crippen LogP contribution in [0.2, 0.25) is 0 Å². The van der Waals surface area contributed by atoms with Crippen LogP contribution < -0.4 is 0 Å². The van der Waals surface area contributed by atoms with E-state index in [9.17, 15) is 4.79 Å². The van der Waals surface area contributed by atoms with Gasteiger partial charge in [-0.2, -0.15) is 0 Å². The van der Waals surface area contributed by atoms with Gasteiger partial charge in [-0.3, -0.25) is 9.69 Å². The van der Waals surface area contributed by atoms with E-state index < -0.39 is 0 Å². The molecule has 0 spiro atoms. The fraction of sp³-hybridized carbons (Fsp3) is 0.533. The number of halogens is 1. The van der Waals surface area contributed by atoms with E-state index in [1.54, 1.807) is 19.0 Å². The summed E-state index contributed by atoms with van der Waals surface area (Å²) in [6.07, 6.45) is 0.643. The summed E-state index contributed by atoms with van der Waals surface area (Å²) in [5.41, 5.74) is 1.18. The average Bonchev–Trinajstić information content (AvgIpc) is 2.45. The Hall–Kier alpha value is -0.910. The molecule has 1 amide bonds. The van der Waals surface area contributed by atoms with Crippen LogP contribution in [0.1, 0.15) is 18.1 Å². The molecule has 1 fully saturated rings. The summed E-state index contributed by atoms with van der Waals surface area (Å²) in [5, 5.41) is 0. The number of benzene rings is 1. The van der Waals surface area contributed by atoms with Crippen molar-refractivity contribution in [1.29, 1.82) is 0 Å². The van der Waals surface area contributed by atoms with Crippen molar-refractivity contribution in [3.05, 3.63) is 34.3 Å². The van der Waals surface area contributed by atoms with Gasteiger partial charge in [-0.1, -0.05) is 34.1 Å². The minimum Gasteiger partial charge on any atom is -0.371 e. The van der Waals surface area contributed by atoms with E-state index in [1.165, 1.54) is 5.56 Å². The van der Waals surface area contributed by atoms with Crippen LogP contribution in [0.3, 0.4) is 0 Å². The standard InChI is InChI=1S/C15H21BrN2O2/c1-17(2)15(19)7-8-18-9-10-20-14(11-18)12-5-3-4-6-13(12)16/h3-6,14H,7-11H2,1-2H3/t14-/m1/s1. The molecule has 1 aromatic rings. The molecular formula is C15H21BrN2O2. The Bertz CT molecular complexity index is 465. The topological polar surface area (TPSA) is 32.8 Å². The molecule has 0 unspecified atom stereocenters. The number of nitrogens with zero attached hydrogens (tertiary/aromatic N) is 2. The highest BCUT2D eigenvalue weighted by molar-refractivity contribution is 9.10. The first kappa shape index (κ1) is 15.5. The second-order valence-corrected chi connectivity index (χ2v) is 6.07. The molecule has 20 heavy (non-hydrogen) atoms. The highest BCUT2D eigenvalue weighted by Gasteiger charge is 2.23. The van der Waals surface area contributed by atoms with Gasteiger partial charge in [0.05, 0.1) is 12.7 Å². The first-order valence-electron chi connectivity index (χ1n) is 6.86. The molecule has 1 saturated heterocycles. The third kappa shape index (κ3) is 4.04. The van der Waals surface area contributed by atoms with E-state index in [4.69, 9.17) is 4.74 Å². The Morgan fingerprint density at radius 2 is 2.20 bits per heavy atom. The second-order valence-electron chi connectivity index (χ2n) is 5.22. The molecule has 0 saturated carbocycles. The fourth-order valence-electron chi connectivity index (χ4n) is 2.31. The van der Waals surface area contributed by atoms with Crippen LogP contribution in [-0.4, -0.2) is 56.0 Å². The van der Waals surface area contributed by atoms with Crippen LogP contribution in [0.4, 0.5) is 0 Å². The molecule has 4 nitrogen and oxygen atoms in total. The first-order chi connectivity index (χ1) is 9.58. The highest BCUT2D eigenvalue weighted by Crippen LogP contribution is 2.28. The molecule has 0 radical (unpaired) electrons. The summed E-state index contributed by atoms with van der Waals surface area (Å²) in [6.45, 7) is 3.23. The molecule has 1 heterocycles. The lowest BCUT2D eigenvalue weighted by atomic mass is 10.1. The van der Waals surface area contributed by atoms with Crippen LogP contribution in [-0.2, 0) is 9.53 Å². The predicted molar refractivity (Wildman–Crippen MR) is 82.6 cm³/mol. The van der Waals surface area contributed by atoms with Crippen molar-refractivity contribution >= 4 is 21.8 Å². The van der Waals surface area contributed by atoms with Crippen molar-refractivity contribution in [2.24, 2.45) is 0 Å². The van der Waals surface area contributed by atoms with Crippen LogP contribution >= 0.6 is 15.9 Å². The van der Waals surface area contributed by atoms with Gasteiger partial charge in [-0.15, -0.1) is 0 Å². The summed E-state index contributed by atoms with van der Waals surface area (Å²) >= 11 is 3.57. The van der Waals surface area contributed by atoms with Gasteiger partial charge in [0.1, 0.15) is 0 Å². The zero-order valence-electron chi connectivity index (χ0n) is 12.0. The number of carbonyl (C=O) groups is 1. The van der Waals surface area contributed by atoms with Crippen LogP contribution in [0.5, 0.6) is 0 Å². The average molecular weight is 341 g/mol. The van der Waals surface area contributed by atoms with Crippen molar-refractivity contribution in [1.82, 2.24) is 9.80 Å². The molecule has 0 aromatic heterocycles. The monoisotopic (exact) mass is 340 g/mol. The molecule has 2 rings (SSSR count). The Morgan fingerprint density at radius 1 is 1.45 bits per heavy atom. The summed E-state index contributed by atoms with van der Waals surface area (Å²) in [5.74, 6) is 0.175. The van der Waals surface area contributed by atoms with Gasteiger partial charge in [0.25, 0.3) is 0 Å². The van der Waals surface area contributed by atoms with E-state index in [0.717, 1.165) is 24.1 Å². The summed E-state index contributed by atoms with van der Waals surface area (Å²) < 4.78 is 6.94. The molecule has 1 aliphatic rings. The minimum atomic E-state index is 0.0776. The van der Waals surface area contributed by atoms with Gasteiger partial charge in [0.15, 0.2) is 0 Å². The molecule has 0 bridgehead atoms. The molecule has 1 aliphatic heterocycles. The number of ether oxygens (including phenoxy) is 1. The van der Waals surface area contributed by atoms with Gasteiger partial charge in [0, 0.05) is 44.6 Å². The van der Waals surface area contributed by atoms with Gasteiger partial charge in [-0.25, -0.2) is 0 Å². The number of morpholine rings is 1. The van der Waals surface area contributed by atoms with Crippen LogP contribution in [0.15, 0.2) is 28.7 Å². The third-order valence-electron chi connectivity index (χ3n) is 3.54. The maximum Gasteiger partial charge on any atom is 0.223 e.